The van der Waals surface area contributed by atoms with Gasteiger partial charge in [0.2, 0.25) is 0 Å². The van der Waals surface area contributed by atoms with Crippen molar-refractivity contribution in [2.24, 2.45) is 0 Å². The Morgan fingerprint density at radius 1 is 1.13 bits per heavy atom. The van der Waals surface area contributed by atoms with Gasteiger partial charge in [-0.2, -0.15) is 0 Å². The summed E-state index contributed by atoms with van der Waals surface area (Å²) in [5.74, 6) is 0. The molecule has 0 bridgehead atoms. The Bertz CT molecular complexity index is 555. The molecular weight excluding hydrogens is 365 g/mol. The summed E-state index contributed by atoms with van der Waals surface area (Å²) in [6.45, 7) is 1.92. The Hall–Kier alpha value is 0.170. The highest BCUT2D eigenvalue weighted by atomic mass is 79.9. The smallest absolute Gasteiger partial charge is 0.0747 e. The molecule has 0 saturated carbocycles. The van der Waals surface area contributed by atoms with Crippen LogP contribution in [0.25, 0.3) is 10.9 Å². The van der Waals surface area contributed by atoms with E-state index in [9.17, 15) is 0 Å². The highest BCUT2D eigenvalue weighted by Crippen LogP contribution is 2.37. The lowest BCUT2D eigenvalue weighted by Gasteiger charge is -2.07. The molecule has 1 heterocycles. The van der Waals surface area contributed by atoms with Crippen LogP contribution in [-0.2, 0) is 0 Å². The maximum absolute atomic E-state index is 6.12. The molecule has 1 aromatic carbocycles. The number of fused-ring (bicyclic) bond motifs is 1. The van der Waals surface area contributed by atoms with E-state index in [4.69, 9.17) is 23.2 Å². The van der Waals surface area contributed by atoms with Crippen molar-refractivity contribution in [1.82, 2.24) is 4.98 Å². The maximum Gasteiger partial charge on any atom is 0.0747 e. The van der Waals surface area contributed by atoms with E-state index < -0.39 is 0 Å². The van der Waals surface area contributed by atoms with Gasteiger partial charge in [-0.15, -0.1) is 0 Å². The topological polar surface area (TPSA) is 12.9 Å². The summed E-state index contributed by atoms with van der Waals surface area (Å²) in [5.41, 5.74) is 1.69. The van der Waals surface area contributed by atoms with Crippen molar-refractivity contribution in [3.05, 3.63) is 36.8 Å². The van der Waals surface area contributed by atoms with Crippen molar-refractivity contribution in [3.63, 3.8) is 0 Å². The van der Waals surface area contributed by atoms with Crippen LogP contribution in [0.15, 0.2) is 21.1 Å². The lowest BCUT2D eigenvalue weighted by molar-refractivity contribution is 1.22. The molecule has 0 N–H and O–H groups in total. The lowest BCUT2D eigenvalue weighted by atomic mass is 10.2. The summed E-state index contributed by atoms with van der Waals surface area (Å²) in [5, 5.41) is 2.06. The molecule has 0 atom stereocenters. The standard InChI is InChI=1S/C10H5Br2Cl2N/c1-4-9(11)10(12)8-6(14)2-5(13)3-7(8)15-4/h2-3H,1H3. The number of nitrogens with zero attached hydrogens (tertiary/aromatic N) is 1. The molecule has 0 saturated heterocycles. The van der Waals surface area contributed by atoms with Gasteiger partial charge in [-0.25, -0.2) is 0 Å². The average Bonchev–Trinajstić information content (AvgIpc) is 2.13. The first-order valence-electron chi connectivity index (χ1n) is 4.11. The third-order valence-corrected chi connectivity index (χ3v) is 4.86. The Labute approximate surface area is 114 Å². The molecule has 0 aliphatic carbocycles. The van der Waals surface area contributed by atoms with Gasteiger partial charge in [-0.3, -0.25) is 4.98 Å². The first kappa shape index (κ1) is 11.6. The zero-order chi connectivity index (χ0) is 11.2. The molecule has 0 spiro atoms. The van der Waals surface area contributed by atoms with E-state index in [1.165, 1.54) is 0 Å². The zero-order valence-electron chi connectivity index (χ0n) is 7.61. The fourth-order valence-electron chi connectivity index (χ4n) is 1.36. The van der Waals surface area contributed by atoms with Crippen LogP contribution >= 0.6 is 55.1 Å². The van der Waals surface area contributed by atoms with E-state index in [0.717, 1.165) is 25.5 Å². The van der Waals surface area contributed by atoms with Crippen LogP contribution in [0.3, 0.4) is 0 Å². The van der Waals surface area contributed by atoms with Crippen LogP contribution < -0.4 is 0 Å². The maximum atomic E-state index is 6.12. The Balaban J connectivity index is 2.99. The second-order valence-corrected chi connectivity index (χ2v) is 5.54. The van der Waals surface area contributed by atoms with Crippen molar-refractivity contribution < 1.29 is 0 Å². The molecule has 78 valence electrons. The number of benzene rings is 1. The number of aryl methyl sites for hydroxylation is 1. The largest absolute Gasteiger partial charge is 0.252 e. The van der Waals surface area contributed by atoms with Crippen molar-refractivity contribution >= 4 is 66.0 Å². The van der Waals surface area contributed by atoms with Gasteiger partial charge in [0.25, 0.3) is 0 Å². The molecule has 1 aromatic heterocycles. The summed E-state index contributed by atoms with van der Waals surface area (Å²) < 4.78 is 1.82. The Morgan fingerprint density at radius 2 is 1.80 bits per heavy atom. The van der Waals surface area contributed by atoms with Crippen LogP contribution in [-0.4, -0.2) is 4.98 Å². The minimum Gasteiger partial charge on any atom is -0.252 e. The number of aromatic nitrogens is 1. The van der Waals surface area contributed by atoms with Gasteiger partial charge in [0.15, 0.2) is 0 Å². The van der Waals surface area contributed by atoms with E-state index in [1.54, 1.807) is 12.1 Å². The average molecular weight is 370 g/mol. The first-order chi connectivity index (χ1) is 7.00. The fraction of sp³-hybridized carbons (Fsp3) is 0.100. The summed E-state index contributed by atoms with van der Waals surface area (Å²) in [7, 11) is 0. The molecule has 0 aliphatic heterocycles. The Morgan fingerprint density at radius 3 is 2.47 bits per heavy atom. The number of hydrogen-bond acceptors (Lipinski definition) is 1. The van der Waals surface area contributed by atoms with E-state index >= 15 is 0 Å². The monoisotopic (exact) mass is 367 g/mol. The van der Waals surface area contributed by atoms with Gasteiger partial charge in [0, 0.05) is 14.9 Å². The van der Waals surface area contributed by atoms with Gasteiger partial charge >= 0.3 is 0 Å². The summed E-state index contributed by atoms with van der Waals surface area (Å²) in [6, 6.07) is 3.51. The van der Waals surface area contributed by atoms with Gasteiger partial charge in [-0.1, -0.05) is 23.2 Å². The van der Waals surface area contributed by atoms with E-state index in [2.05, 4.69) is 36.8 Å². The van der Waals surface area contributed by atoms with Crippen LogP contribution in [0, 0.1) is 6.92 Å². The number of pyridine rings is 1. The molecule has 0 fully saturated rings. The SMILES string of the molecule is Cc1nc2cc(Cl)cc(Cl)c2c(Br)c1Br. The molecule has 1 nitrogen and oxygen atoms in total. The van der Waals surface area contributed by atoms with Crippen LogP contribution in [0.1, 0.15) is 5.69 Å². The molecule has 0 unspecified atom stereocenters. The molecule has 5 heteroatoms. The fourth-order valence-corrected chi connectivity index (χ4v) is 3.05. The molecular formula is C10H5Br2Cl2N. The number of rotatable bonds is 0. The quantitative estimate of drug-likeness (QED) is 0.608. The normalized spacial score (nSPS) is 11.0. The predicted molar refractivity (Wildman–Crippen MR) is 71.9 cm³/mol. The second kappa shape index (κ2) is 4.21. The predicted octanol–water partition coefficient (Wildman–Crippen LogP) is 5.38. The van der Waals surface area contributed by atoms with Crippen molar-refractivity contribution in [3.8, 4) is 0 Å². The second-order valence-electron chi connectivity index (χ2n) is 3.11. The Kier molecular flexibility index (Phi) is 3.27. The molecule has 15 heavy (non-hydrogen) atoms. The third kappa shape index (κ3) is 2.03. The van der Waals surface area contributed by atoms with Crippen LogP contribution in [0.4, 0.5) is 0 Å². The summed E-state index contributed by atoms with van der Waals surface area (Å²) >= 11 is 19.0. The minimum atomic E-state index is 0.591. The van der Waals surface area contributed by atoms with Gasteiger partial charge < -0.3 is 0 Å². The first-order valence-corrected chi connectivity index (χ1v) is 6.45. The zero-order valence-corrected chi connectivity index (χ0v) is 12.3. The van der Waals surface area contributed by atoms with Crippen LogP contribution in [0.5, 0.6) is 0 Å². The van der Waals surface area contributed by atoms with Gasteiger partial charge in [0.1, 0.15) is 0 Å². The summed E-state index contributed by atoms with van der Waals surface area (Å²) in [4.78, 5) is 4.41. The lowest BCUT2D eigenvalue weighted by Crippen LogP contribution is -1.89. The van der Waals surface area contributed by atoms with E-state index in [1.807, 2.05) is 6.92 Å². The highest BCUT2D eigenvalue weighted by molar-refractivity contribution is 9.13. The highest BCUT2D eigenvalue weighted by Gasteiger charge is 2.11. The molecule has 0 amide bonds. The minimum absolute atomic E-state index is 0.591. The number of hydrogen-bond donors (Lipinski definition) is 0. The summed E-state index contributed by atoms with van der Waals surface area (Å²) in [6.07, 6.45) is 0. The third-order valence-electron chi connectivity index (χ3n) is 2.05. The van der Waals surface area contributed by atoms with Crippen molar-refractivity contribution in [2.45, 2.75) is 6.92 Å². The van der Waals surface area contributed by atoms with E-state index in [-0.39, 0.29) is 0 Å². The van der Waals surface area contributed by atoms with E-state index in [0.29, 0.717) is 10.0 Å². The molecule has 0 radical (unpaired) electrons. The van der Waals surface area contributed by atoms with Crippen LogP contribution in [0.2, 0.25) is 10.0 Å². The van der Waals surface area contributed by atoms with Gasteiger partial charge in [-0.05, 0) is 50.9 Å². The number of halogens is 4. The molecule has 2 rings (SSSR count). The molecule has 2 aromatic rings. The molecule has 0 aliphatic rings. The van der Waals surface area contributed by atoms with Gasteiger partial charge in [0.05, 0.1) is 20.7 Å². The van der Waals surface area contributed by atoms with Crippen molar-refractivity contribution in [2.75, 3.05) is 0 Å². The van der Waals surface area contributed by atoms with Crippen molar-refractivity contribution in [1.29, 1.82) is 0 Å².